The molecule has 2 aromatic rings. The number of rotatable bonds is 3. The van der Waals surface area contributed by atoms with Crippen LogP contribution in [0.4, 0.5) is 5.82 Å². The molecule has 0 bridgehead atoms. The summed E-state index contributed by atoms with van der Waals surface area (Å²) < 4.78 is 0. The van der Waals surface area contributed by atoms with E-state index < -0.39 is 0 Å². The molecule has 0 fully saturated rings. The molecule has 0 saturated heterocycles. The van der Waals surface area contributed by atoms with Gasteiger partial charge in [0.25, 0.3) is 0 Å². The van der Waals surface area contributed by atoms with Crippen molar-refractivity contribution in [1.29, 1.82) is 0 Å². The number of aromatic amines is 1. The summed E-state index contributed by atoms with van der Waals surface area (Å²) in [6.07, 6.45) is 6.12. The van der Waals surface area contributed by atoms with Crippen LogP contribution in [0.5, 0.6) is 0 Å². The fourth-order valence-corrected chi connectivity index (χ4v) is 2.27. The van der Waals surface area contributed by atoms with Gasteiger partial charge in [-0.1, -0.05) is 5.21 Å². The van der Waals surface area contributed by atoms with Gasteiger partial charge in [0.2, 0.25) is 0 Å². The second kappa shape index (κ2) is 4.67. The lowest BCUT2D eigenvalue weighted by atomic mass is 9.96. The zero-order chi connectivity index (χ0) is 12.4. The van der Waals surface area contributed by atoms with Crippen LogP contribution >= 0.6 is 0 Å². The van der Waals surface area contributed by atoms with E-state index in [1.165, 1.54) is 24.1 Å². The molecule has 0 radical (unpaired) electrons. The summed E-state index contributed by atoms with van der Waals surface area (Å²) >= 11 is 0. The molecule has 0 aliphatic heterocycles. The van der Waals surface area contributed by atoms with E-state index in [1.54, 1.807) is 6.33 Å². The molecule has 2 heterocycles. The van der Waals surface area contributed by atoms with Gasteiger partial charge in [0.15, 0.2) is 5.82 Å². The molecule has 7 nitrogen and oxygen atoms in total. The molecule has 0 saturated carbocycles. The zero-order valence-corrected chi connectivity index (χ0v) is 10.2. The topological polar surface area (TPSA) is 92.3 Å². The number of tetrazole rings is 1. The number of nitrogens with zero attached hydrogens (tertiary/aromatic N) is 5. The Kier molecular flexibility index (Phi) is 2.87. The zero-order valence-electron chi connectivity index (χ0n) is 10.2. The highest BCUT2D eigenvalue weighted by atomic mass is 15.5. The van der Waals surface area contributed by atoms with E-state index in [-0.39, 0.29) is 6.04 Å². The summed E-state index contributed by atoms with van der Waals surface area (Å²) in [6.45, 7) is 1.99. The first kappa shape index (κ1) is 11.1. The molecule has 94 valence electrons. The second-order valence-corrected chi connectivity index (χ2v) is 4.49. The summed E-state index contributed by atoms with van der Waals surface area (Å²) in [4.78, 5) is 8.68. The highest BCUT2D eigenvalue weighted by Gasteiger charge is 2.18. The lowest BCUT2D eigenvalue weighted by Gasteiger charge is -2.19. The van der Waals surface area contributed by atoms with E-state index in [4.69, 9.17) is 0 Å². The molecule has 0 aromatic carbocycles. The van der Waals surface area contributed by atoms with Crippen molar-refractivity contribution in [2.75, 3.05) is 5.32 Å². The molecule has 2 aromatic heterocycles. The maximum atomic E-state index is 4.35. The van der Waals surface area contributed by atoms with Crippen LogP contribution in [0.3, 0.4) is 0 Å². The van der Waals surface area contributed by atoms with E-state index in [0.717, 1.165) is 18.7 Å². The number of H-pyrrole nitrogens is 1. The highest BCUT2D eigenvalue weighted by Crippen LogP contribution is 2.26. The van der Waals surface area contributed by atoms with Gasteiger partial charge in [-0.15, -0.1) is 10.2 Å². The van der Waals surface area contributed by atoms with Gasteiger partial charge in [-0.2, -0.15) is 5.21 Å². The van der Waals surface area contributed by atoms with E-state index in [2.05, 4.69) is 35.9 Å². The van der Waals surface area contributed by atoms with Gasteiger partial charge in [0, 0.05) is 11.3 Å². The molecule has 7 heteroatoms. The summed E-state index contributed by atoms with van der Waals surface area (Å²) in [5.74, 6) is 1.54. The Hall–Kier alpha value is -2.05. The minimum atomic E-state index is -0.0234. The number of aromatic nitrogens is 6. The molecule has 2 N–H and O–H groups in total. The number of anilines is 1. The Labute approximate surface area is 104 Å². The van der Waals surface area contributed by atoms with E-state index in [9.17, 15) is 0 Å². The van der Waals surface area contributed by atoms with Crippen LogP contribution in [0.2, 0.25) is 0 Å². The third-order valence-corrected chi connectivity index (χ3v) is 3.23. The Morgan fingerprint density at radius 2 is 2.17 bits per heavy atom. The minimum Gasteiger partial charge on any atom is -0.360 e. The quantitative estimate of drug-likeness (QED) is 0.839. The predicted molar refractivity (Wildman–Crippen MR) is 64.9 cm³/mol. The lowest BCUT2D eigenvalue weighted by molar-refractivity contribution is 0.660. The molecule has 18 heavy (non-hydrogen) atoms. The van der Waals surface area contributed by atoms with Crippen molar-refractivity contribution in [3.05, 3.63) is 23.4 Å². The molecule has 1 unspecified atom stereocenters. The maximum Gasteiger partial charge on any atom is 0.196 e. The normalized spacial score (nSPS) is 16.1. The minimum absolute atomic E-state index is 0.0234. The average Bonchev–Trinajstić information content (AvgIpc) is 2.93. The van der Waals surface area contributed by atoms with Crippen LogP contribution in [0.25, 0.3) is 0 Å². The van der Waals surface area contributed by atoms with Crippen molar-refractivity contribution in [2.24, 2.45) is 0 Å². The predicted octanol–water partition coefficient (Wildman–Crippen LogP) is 1.04. The molecular weight excluding hydrogens is 230 g/mol. The van der Waals surface area contributed by atoms with Gasteiger partial charge >= 0.3 is 0 Å². The van der Waals surface area contributed by atoms with Crippen LogP contribution in [0, 0.1) is 0 Å². The number of hydrogen-bond donors (Lipinski definition) is 2. The molecule has 0 amide bonds. The van der Waals surface area contributed by atoms with Crippen LogP contribution in [-0.2, 0) is 12.8 Å². The van der Waals surface area contributed by atoms with Gasteiger partial charge in [-0.25, -0.2) is 9.97 Å². The third kappa shape index (κ3) is 2.03. The van der Waals surface area contributed by atoms with Crippen molar-refractivity contribution in [3.8, 4) is 0 Å². The van der Waals surface area contributed by atoms with E-state index >= 15 is 0 Å². The number of nitrogens with one attached hydrogen (secondary N) is 2. The maximum absolute atomic E-state index is 4.35. The third-order valence-electron chi connectivity index (χ3n) is 3.23. The monoisotopic (exact) mass is 245 g/mol. The van der Waals surface area contributed by atoms with Gasteiger partial charge in [0.1, 0.15) is 12.1 Å². The number of aryl methyl sites for hydroxylation is 1. The average molecular weight is 245 g/mol. The number of hydrogen-bond acceptors (Lipinski definition) is 6. The summed E-state index contributed by atoms with van der Waals surface area (Å²) in [7, 11) is 0. The van der Waals surface area contributed by atoms with Crippen molar-refractivity contribution < 1.29 is 0 Å². The van der Waals surface area contributed by atoms with Gasteiger partial charge in [0.05, 0.1) is 6.04 Å². The molecular formula is C11H15N7. The first-order chi connectivity index (χ1) is 8.84. The van der Waals surface area contributed by atoms with Crippen molar-refractivity contribution in [3.63, 3.8) is 0 Å². The summed E-state index contributed by atoms with van der Waals surface area (Å²) in [5, 5.41) is 17.3. The first-order valence-corrected chi connectivity index (χ1v) is 6.17. The molecule has 1 aliphatic rings. The highest BCUT2D eigenvalue weighted by molar-refractivity contribution is 5.47. The van der Waals surface area contributed by atoms with Crippen LogP contribution in [0.15, 0.2) is 6.33 Å². The van der Waals surface area contributed by atoms with Crippen molar-refractivity contribution in [1.82, 2.24) is 30.6 Å². The van der Waals surface area contributed by atoms with Gasteiger partial charge in [-0.3, -0.25) is 0 Å². The molecule has 1 aliphatic carbocycles. The Balaban J connectivity index is 1.84. The number of fused-ring (bicyclic) bond motifs is 1. The van der Waals surface area contributed by atoms with E-state index in [0.29, 0.717) is 5.82 Å². The van der Waals surface area contributed by atoms with Crippen LogP contribution in [0.1, 0.15) is 42.9 Å². The first-order valence-electron chi connectivity index (χ1n) is 6.17. The summed E-state index contributed by atoms with van der Waals surface area (Å²) in [6, 6.07) is -0.0234. The molecule has 0 spiro atoms. The lowest BCUT2D eigenvalue weighted by Crippen LogP contribution is -2.15. The van der Waals surface area contributed by atoms with Gasteiger partial charge in [-0.05, 0) is 32.6 Å². The van der Waals surface area contributed by atoms with Gasteiger partial charge < -0.3 is 5.32 Å². The standard InChI is InChI=1S/C11H15N7/c1-7(10-15-17-18-16-10)14-11-8-4-2-3-5-9(8)12-6-13-11/h6-7H,2-5H2,1H3,(H,12,13,14)(H,15,16,17,18). The van der Waals surface area contributed by atoms with Crippen molar-refractivity contribution >= 4 is 5.82 Å². The van der Waals surface area contributed by atoms with Crippen molar-refractivity contribution in [2.45, 2.75) is 38.6 Å². The smallest absolute Gasteiger partial charge is 0.196 e. The van der Waals surface area contributed by atoms with Crippen LogP contribution < -0.4 is 5.32 Å². The van der Waals surface area contributed by atoms with E-state index in [1.807, 2.05) is 6.92 Å². The summed E-state index contributed by atoms with van der Waals surface area (Å²) in [5.41, 5.74) is 2.40. The Morgan fingerprint density at radius 3 is 3.00 bits per heavy atom. The van der Waals surface area contributed by atoms with Crippen LogP contribution in [-0.4, -0.2) is 30.6 Å². The fraction of sp³-hybridized carbons (Fsp3) is 0.545. The second-order valence-electron chi connectivity index (χ2n) is 4.49. The largest absolute Gasteiger partial charge is 0.360 e. The Bertz CT molecular complexity index is 522. The SMILES string of the molecule is CC(Nc1ncnc2c1CCCC2)c1nn[nH]n1. The Morgan fingerprint density at radius 1 is 1.28 bits per heavy atom. The molecule has 3 rings (SSSR count). The molecule has 1 atom stereocenters. The fourth-order valence-electron chi connectivity index (χ4n) is 2.27.